The normalized spacial score (nSPS) is 18.6. The standard InChI is InChI=1S/C26H22ClFN8O3/c1-39-26(38)32-18-5-3-2-4-16(18)19-12-29-25(31-19)21-8-6-15-10-14(11-22(37)36(15)21)23-20(35-13-30-33-34-35)9-7-17(27)24(23)28/h2-5,7,9,11-13,15,21H,6,8,10H2,1H3,(H,29,31)(H,32,38)/t15-,21-/m0/s1. The van der Waals surface area contributed by atoms with Gasteiger partial charge in [-0.1, -0.05) is 29.8 Å². The topological polar surface area (TPSA) is 131 Å². The van der Waals surface area contributed by atoms with Crippen LogP contribution in [0.3, 0.4) is 0 Å². The fraction of sp³-hybridized carbons (Fsp3) is 0.231. The second kappa shape index (κ2) is 9.95. The number of aromatic nitrogens is 6. The predicted molar refractivity (Wildman–Crippen MR) is 139 cm³/mol. The number of ether oxygens (including phenoxy) is 1. The smallest absolute Gasteiger partial charge is 0.411 e. The molecule has 6 rings (SSSR count). The number of nitrogens with zero attached hydrogens (tertiary/aromatic N) is 6. The summed E-state index contributed by atoms with van der Waals surface area (Å²) in [5, 5.41) is 13.8. The number of para-hydroxylation sites is 1. The molecule has 4 aromatic rings. The first-order chi connectivity index (χ1) is 18.9. The molecule has 2 aliphatic heterocycles. The lowest BCUT2D eigenvalue weighted by molar-refractivity contribution is -0.129. The molecule has 4 heterocycles. The predicted octanol–water partition coefficient (Wildman–Crippen LogP) is 4.54. The Balaban J connectivity index is 1.30. The Morgan fingerprint density at radius 3 is 2.87 bits per heavy atom. The third-order valence-electron chi connectivity index (χ3n) is 7.05. The molecule has 2 aromatic heterocycles. The molecular formula is C26H22ClFN8O3. The summed E-state index contributed by atoms with van der Waals surface area (Å²) in [5.74, 6) is -0.230. The minimum Gasteiger partial charge on any atom is -0.453 e. The monoisotopic (exact) mass is 548 g/mol. The first-order valence-electron chi connectivity index (χ1n) is 12.2. The van der Waals surface area contributed by atoms with Crippen molar-refractivity contribution in [2.24, 2.45) is 0 Å². The summed E-state index contributed by atoms with van der Waals surface area (Å²) < 4.78 is 21.4. The molecule has 2 amide bonds. The number of benzene rings is 2. The van der Waals surface area contributed by atoms with Crippen molar-refractivity contribution in [3.05, 3.63) is 77.2 Å². The van der Waals surface area contributed by atoms with E-state index >= 15 is 4.39 Å². The largest absolute Gasteiger partial charge is 0.453 e. The summed E-state index contributed by atoms with van der Waals surface area (Å²) in [6.07, 6.45) is 5.75. The Hall–Kier alpha value is -4.58. The Bertz CT molecular complexity index is 1600. The average molecular weight is 549 g/mol. The summed E-state index contributed by atoms with van der Waals surface area (Å²) in [7, 11) is 1.30. The van der Waals surface area contributed by atoms with E-state index in [9.17, 15) is 9.59 Å². The van der Waals surface area contributed by atoms with Crippen molar-refractivity contribution in [3.8, 4) is 16.9 Å². The zero-order chi connectivity index (χ0) is 27.1. The summed E-state index contributed by atoms with van der Waals surface area (Å²) in [6.45, 7) is 0. The van der Waals surface area contributed by atoms with E-state index in [1.54, 1.807) is 29.3 Å². The number of hydrogen-bond donors (Lipinski definition) is 2. The third-order valence-corrected chi connectivity index (χ3v) is 7.34. The van der Waals surface area contributed by atoms with Gasteiger partial charge in [0.05, 0.1) is 41.4 Å². The zero-order valence-corrected chi connectivity index (χ0v) is 21.4. The maximum atomic E-state index is 15.3. The number of imidazole rings is 1. The van der Waals surface area contributed by atoms with E-state index in [0.717, 1.165) is 5.56 Å². The van der Waals surface area contributed by atoms with Gasteiger partial charge in [-0.05, 0) is 53.5 Å². The number of amides is 2. The van der Waals surface area contributed by atoms with E-state index in [1.807, 2.05) is 12.1 Å². The molecule has 0 unspecified atom stereocenters. The van der Waals surface area contributed by atoms with Gasteiger partial charge in [-0.15, -0.1) is 5.10 Å². The van der Waals surface area contributed by atoms with Gasteiger partial charge in [0, 0.05) is 23.2 Å². The van der Waals surface area contributed by atoms with Crippen LogP contribution in [0.25, 0.3) is 22.5 Å². The van der Waals surface area contributed by atoms with Crippen molar-refractivity contribution >= 4 is 34.9 Å². The second-order valence-electron chi connectivity index (χ2n) is 9.22. The fourth-order valence-electron chi connectivity index (χ4n) is 5.34. The number of nitrogens with one attached hydrogen (secondary N) is 2. The molecule has 2 aromatic carbocycles. The zero-order valence-electron chi connectivity index (χ0n) is 20.6. The molecule has 2 atom stereocenters. The quantitative estimate of drug-likeness (QED) is 0.374. The van der Waals surface area contributed by atoms with Crippen LogP contribution in [-0.2, 0) is 9.53 Å². The third kappa shape index (κ3) is 4.42. The summed E-state index contributed by atoms with van der Waals surface area (Å²) in [5.41, 5.74) is 3.13. The van der Waals surface area contributed by atoms with Gasteiger partial charge < -0.3 is 14.6 Å². The lowest BCUT2D eigenvalue weighted by atomic mass is 9.92. The Kier molecular flexibility index (Phi) is 6.31. The van der Waals surface area contributed by atoms with Crippen LogP contribution in [0.1, 0.15) is 36.7 Å². The highest BCUT2D eigenvalue weighted by atomic mass is 35.5. The van der Waals surface area contributed by atoms with E-state index < -0.39 is 11.9 Å². The molecule has 1 fully saturated rings. The number of rotatable bonds is 5. The van der Waals surface area contributed by atoms with Crippen LogP contribution in [0.4, 0.5) is 14.9 Å². The molecule has 2 aliphatic rings. The highest BCUT2D eigenvalue weighted by Crippen LogP contribution is 2.44. The number of carbonyl (C=O) groups excluding carboxylic acids is 2. The molecule has 0 radical (unpaired) electrons. The van der Waals surface area contributed by atoms with Crippen LogP contribution in [0.2, 0.25) is 5.02 Å². The van der Waals surface area contributed by atoms with E-state index in [2.05, 4.69) is 30.8 Å². The van der Waals surface area contributed by atoms with Crippen molar-refractivity contribution in [2.45, 2.75) is 31.3 Å². The first kappa shape index (κ1) is 24.7. The van der Waals surface area contributed by atoms with Crippen LogP contribution in [-0.4, -0.2) is 60.2 Å². The summed E-state index contributed by atoms with van der Waals surface area (Å²) in [6, 6.07) is 9.90. The van der Waals surface area contributed by atoms with Crippen LogP contribution < -0.4 is 5.32 Å². The number of halogens is 2. The molecule has 13 heteroatoms. The lowest BCUT2D eigenvalue weighted by Gasteiger charge is -2.33. The van der Waals surface area contributed by atoms with Gasteiger partial charge in [0.25, 0.3) is 0 Å². The van der Waals surface area contributed by atoms with Crippen molar-refractivity contribution in [3.63, 3.8) is 0 Å². The van der Waals surface area contributed by atoms with Gasteiger partial charge in [-0.3, -0.25) is 10.1 Å². The molecule has 1 saturated heterocycles. The summed E-state index contributed by atoms with van der Waals surface area (Å²) in [4.78, 5) is 34.9. The second-order valence-corrected chi connectivity index (χ2v) is 9.63. The van der Waals surface area contributed by atoms with Crippen molar-refractivity contribution < 1.29 is 18.7 Å². The van der Waals surface area contributed by atoms with Crippen LogP contribution in [0.15, 0.2) is 55.0 Å². The van der Waals surface area contributed by atoms with Crippen LogP contribution in [0.5, 0.6) is 0 Å². The number of hydrogen-bond acceptors (Lipinski definition) is 7. The molecule has 198 valence electrons. The molecule has 2 N–H and O–H groups in total. The maximum absolute atomic E-state index is 15.3. The number of tetrazole rings is 1. The van der Waals surface area contributed by atoms with Crippen LogP contribution >= 0.6 is 11.6 Å². The van der Waals surface area contributed by atoms with Crippen molar-refractivity contribution in [2.75, 3.05) is 12.4 Å². The van der Waals surface area contributed by atoms with Gasteiger partial charge >= 0.3 is 6.09 Å². The van der Waals surface area contributed by atoms with Crippen molar-refractivity contribution in [1.29, 1.82) is 0 Å². The van der Waals surface area contributed by atoms with E-state index in [0.29, 0.717) is 47.7 Å². The number of aromatic amines is 1. The highest BCUT2D eigenvalue weighted by Gasteiger charge is 2.42. The molecule has 0 bridgehead atoms. The highest BCUT2D eigenvalue weighted by molar-refractivity contribution is 6.31. The summed E-state index contributed by atoms with van der Waals surface area (Å²) >= 11 is 6.12. The molecule has 0 saturated carbocycles. The fourth-order valence-corrected chi connectivity index (χ4v) is 5.49. The minimum absolute atomic E-state index is 0.0491. The van der Waals surface area contributed by atoms with Crippen LogP contribution in [0, 0.1) is 5.82 Å². The lowest BCUT2D eigenvalue weighted by Crippen LogP contribution is -2.39. The van der Waals surface area contributed by atoms with Crippen molar-refractivity contribution in [1.82, 2.24) is 35.1 Å². The van der Waals surface area contributed by atoms with Gasteiger partial charge in [-0.25, -0.2) is 14.2 Å². The maximum Gasteiger partial charge on any atom is 0.411 e. The Labute approximate surface area is 226 Å². The first-order valence-corrected chi connectivity index (χ1v) is 12.6. The van der Waals surface area contributed by atoms with E-state index in [-0.39, 0.29) is 28.6 Å². The number of methoxy groups -OCH3 is 1. The van der Waals surface area contributed by atoms with Gasteiger partial charge in [-0.2, -0.15) is 4.68 Å². The molecule has 0 aliphatic carbocycles. The molecule has 39 heavy (non-hydrogen) atoms. The SMILES string of the molecule is COC(=O)Nc1ccccc1-c1cnc([C@@H]2CC[C@H]3CC(c4c(-n5cnnn5)ccc(Cl)c4F)=CC(=O)N32)[nH]1. The van der Waals surface area contributed by atoms with Gasteiger partial charge in [0.1, 0.15) is 12.2 Å². The number of fused-ring (bicyclic) bond motifs is 1. The Morgan fingerprint density at radius 1 is 1.23 bits per heavy atom. The molecular weight excluding hydrogens is 527 g/mol. The number of carbonyl (C=O) groups is 2. The van der Waals surface area contributed by atoms with Gasteiger partial charge in [0.15, 0.2) is 5.82 Å². The minimum atomic E-state index is -0.624. The molecule has 0 spiro atoms. The number of anilines is 1. The van der Waals surface area contributed by atoms with E-state index in [1.165, 1.54) is 30.3 Å². The van der Waals surface area contributed by atoms with E-state index in [4.69, 9.17) is 16.3 Å². The Morgan fingerprint density at radius 2 is 2.08 bits per heavy atom. The average Bonchev–Trinajstić information content (AvgIpc) is 3.71. The van der Waals surface area contributed by atoms with Gasteiger partial charge in [0.2, 0.25) is 5.91 Å². The number of H-pyrrole nitrogens is 1. The molecule has 11 nitrogen and oxygen atoms in total.